The van der Waals surface area contributed by atoms with Gasteiger partial charge in [-0.1, -0.05) is 26.2 Å². The SMILES string of the molecule is CCCCCCn1cnc2c(sc3nccc(N(C)C)c32)c1=O. The number of unbranched alkanes of at least 4 members (excludes halogenated alkanes) is 3. The molecule has 0 aromatic carbocycles. The van der Waals surface area contributed by atoms with Crippen LogP contribution in [0.2, 0.25) is 0 Å². The normalized spacial score (nSPS) is 11.4. The fourth-order valence-corrected chi connectivity index (χ4v) is 3.88. The van der Waals surface area contributed by atoms with Crippen LogP contribution in [0.3, 0.4) is 0 Å². The second kappa shape index (κ2) is 6.66. The molecule has 0 atom stereocenters. The van der Waals surface area contributed by atoms with Gasteiger partial charge in [0.15, 0.2) is 0 Å². The van der Waals surface area contributed by atoms with E-state index < -0.39 is 0 Å². The molecule has 5 nitrogen and oxygen atoms in total. The number of hydrogen-bond acceptors (Lipinski definition) is 5. The maximum Gasteiger partial charge on any atom is 0.271 e. The Hall–Kier alpha value is -1.95. The number of rotatable bonds is 6. The van der Waals surface area contributed by atoms with Gasteiger partial charge in [0, 0.05) is 26.8 Å². The van der Waals surface area contributed by atoms with E-state index >= 15 is 0 Å². The molecule has 0 unspecified atom stereocenters. The molecule has 0 spiro atoms. The van der Waals surface area contributed by atoms with E-state index in [0.717, 1.165) is 40.8 Å². The highest BCUT2D eigenvalue weighted by Crippen LogP contribution is 2.34. The van der Waals surface area contributed by atoms with Gasteiger partial charge in [-0.3, -0.25) is 9.36 Å². The summed E-state index contributed by atoms with van der Waals surface area (Å²) in [6.07, 6.45) is 8.06. The third-order valence-corrected chi connectivity index (χ3v) is 5.14. The molecule has 0 radical (unpaired) electrons. The molecule has 122 valence electrons. The minimum atomic E-state index is 0.0548. The Balaban J connectivity index is 2.07. The zero-order valence-electron chi connectivity index (χ0n) is 13.9. The Bertz CT molecular complexity index is 881. The fourth-order valence-electron chi connectivity index (χ4n) is 2.81. The van der Waals surface area contributed by atoms with Gasteiger partial charge in [-0.25, -0.2) is 9.97 Å². The van der Waals surface area contributed by atoms with Gasteiger partial charge >= 0.3 is 0 Å². The third kappa shape index (κ3) is 2.95. The number of nitrogens with zero attached hydrogens (tertiary/aromatic N) is 4. The Morgan fingerprint density at radius 3 is 2.78 bits per heavy atom. The molecule has 0 saturated heterocycles. The number of anilines is 1. The lowest BCUT2D eigenvalue weighted by atomic mass is 10.2. The minimum absolute atomic E-state index is 0.0548. The Kier molecular flexibility index (Phi) is 4.61. The molecule has 0 aliphatic heterocycles. The highest BCUT2D eigenvalue weighted by molar-refractivity contribution is 7.25. The van der Waals surface area contributed by atoms with Crippen LogP contribution >= 0.6 is 11.3 Å². The highest BCUT2D eigenvalue weighted by atomic mass is 32.1. The summed E-state index contributed by atoms with van der Waals surface area (Å²) in [6, 6.07) is 1.96. The third-order valence-electron chi connectivity index (χ3n) is 4.06. The lowest BCUT2D eigenvalue weighted by Gasteiger charge is -2.13. The largest absolute Gasteiger partial charge is 0.377 e. The molecule has 3 aromatic heterocycles. The molecule has 0 saturated carbocycles. The Morgan fingerprint density at radius 2 is 2.04 bits per heavy atom. The zero-order valence-corrected chi connectivity index (χ0v) is 14.7. The van der Waals surface area contributed by atoms with Crippen LogP contribution in [0.25, 0.3) is 20.4 Å². The van der Waals surface area contributed by atoms with E-state index in [2.05, 4.69) is 16.9 Å². The van der Waals surface area contributed by atoms with Gasteiger partial charge < -0.3 is 4.90 Å². The van der Waals surface area contributed by atoms with Crippen molar-refractivity contribution in [3.63, 3.8) is 0 Å². The summed E-state index contributed by atoms with van der Waals surface area (Å²) >= 11 is 1.44. The van der Waals surface area contributed by atoms with Crippen LogP contribution in [0.5, 0.6) is 0 Å². The molecule has 3 rings (SSSR count). The topological polar surface area (TPSA) is 51.0 Å². The van der Waals surface area contributed by atoms with Gasteiger partial charge in [-0.2, -0.15) is 0 Å². The van der Waals surface area contributed by atoms with Gasteiger partial charge in [-0.15, -0.1) is 11.3 Å². The molecule has 23 heavy (non-hydrogen) atoms. The summed E-state index contributed by atoms with van der Waals surface area (Å²) in [5.41, 5.74) is 1.88. The van der Waals surface area contributed by atoms with Crippen LogP contribution in [0.15, 0.2) is 23.4 Å². The molecule has 6 heteroatoms. The first kappa shape index (κ1) is 15.9. The smallest absolute Gasteiger partial charge is 0.271 e. The van der Waals surface area contributed by atoms with Crippen molar-refractivity contribution < 1.29 is 0 Å². The summed E-state index contributed by atoms with van der Waals surface area (Å²) in [7, 11) is 3.99. The number of hydrogen-bond donors (Lipinski definition) is 0. The fraction of sp³-hybridized carbons (Fsp3) is 0.471. The van der Waals surface area contributed by atoms with Crippen LogP contribution in [-0.4, -0.2) is 28.6 Å². The van der Waals surface area contributed by atoms with Crippen molar-refractivity contribution in [2.24, 2.45) is 0 Å². The predicted octanol–water partition coefficient (Wildman–Crippen LogP) is 3.65. The van der Waals surface area contributed by atoms with Gasteiger partial charge in [0.2, 0.25) is 0 Å². The quantitative estimate of drug-likeness (QED) is 0.647. The Morgan fingerprint density at radius 1 is 1.22 bits per heavy atom. The summed E-state index contributed by atoms with van der Waals surface area (Å²) in [5.74, 6) is 0. The number of aromatic nitrogens is 3. The summed E-state index contributed by atoms with van der Waals surface area (Å²) < 4.78 is 2.45. The lowest BCUT2D eigenvalue weighted by molar-refractivity contribution is 0.568. The Labute approximate surface area is 139 Å². The summed E-state index contributed by atoms with van der Waals surface area (Å²) in [5, 5.41) is 0.979. The van der Waals surface area contributed by atoms with E-state index in [1.807, 2.05) is 25.1 Å². The number of aryl methyl sites for hydroxylation is 1. The van der Waals surface area contributed by atoms with Crippen LogP contribution in [-0.2, 0) is 6.54 Å². The maximum atomic E-state index is 12.7. The van der Waals surface area contributed by atoms with Crippen molar-refractivity contribution in [2.75, 3.05) is 19.0 Å². The summed E-state index contributed by atoms with van der Waals surface area (Å²) in [4.78, 5) is 24.6. The maximum absolute atomic E-state index is 12.7. The molecule has 3 aromatic rings. The van der Waals surface area contributed by atoms with E-state index in [-0.39, 0.29) is 5.56 Å². The van der Waals surface area contributed by atoms with Crippen molar-refractivity contribution in [3.05, 3.63) is 28.9 Å². The molecule has 0 amide bonds. The molecule has 0 bridgehead atoms. The molecular weight excluding hydrogens is 308 g/mol. The molecular formula is C17H22N4OS. The first-order valence-corrected chi connectivity index (χ1v) is 8.89. The number of thiophene rings is 1. The predicted molar refractivity (Wildman–Crippen MR) is 97.7 cm³/mol. The van der Waals surface area contributed by atoms with Crippen molar-refractivity contribution in [1.29, 1.82) is 0 Å². The monoisotopic (exact) mass is 330 g/mol. The minimum Gasteiger partial charge on any atom is -0.377 e. The van der Waals surface area contributed by atoms with Crippen LogP contribution in [0.1, 0.15) is 32.6 Å². The molecule has 0 fully saturated rings. The molecule has 0 aliphatic carbocycles. The van der Waals surface area contributed by atoms with E-state index in [0.29, 0.717) is 4.70 Å². The van der Waals surface area contributed by atoms with Crippen molar-refractivity contribution in [3.8, 4) is 0 Å². The van der Waals surface area contributed by atoms with E-state index in [9.17, 15) is 4.79 Å². The second-order valence-corrected chi connectivity index (χ2v) is 6.99. The number of fused-ring (bicyclic) bond motifs is 3. The molecule has 0 N–H and O–H groups in total. The van der Waals surface area contributed by atoms with Crippen LogP contribution < -0.4 is 10.5 Å². The van der Waals surface area contributed by atoms with Crippen LogP contribution in [0, 0.1) is 0 Å². The first-order chi connectivity index (χ1) is 11.1. The highest BCUT2D eigenvalue weighted by Gasteiger charge is 2.16. The van der Waals surface area contributed by atoms with E-state index in [1.165, 1.54) is 24.2 Å². The van der Waals surface area contributed by atoms with Crippen LogP contribution in [0.4, 0.5) is 5.69 Å². The first-order valence-electron chi connectivity index (χ1n) is 8.07. The average Bonchev–Trinajstić information content (AvgIpc) is 2.92. The summed E-state index contributed by atoms with van der Waals surface area (Å²) in [6.45, 7) is 2.93. The van der Waals surface area contributed by atoms with E-state index in [1.54, 1.807) is 17.1 Å². The average molecular weight is 330 g/mol. The van der Waals surface area contributed by atoms with Crippen molar-refractivity contribution >= 4 is 37.5 Å². The number of pyridine rings is 1. The van der Waals surface area contributed by atoms with Crippen molar-refractivity contribution in [2.45, 2.75) is 39.2 Å². The van der Waals surface area contributed by atoms with Gasteiger partial charge in [0.25, 0.3) is 5.56 Å². The van der Waals surface area contributed by atoms with Gasteiger partial charge in [-0.05, 0) is 12.5 Å². The second-order valence-electron chi connectivity index (χ2n) is 5.99. The molecule has 0 aliphatic rings. The lowest BCUT2D eigenvalue weighted by Crippen LogP contribution is -2.19. The van der Waals surface area contributed by atoms with E-state index in [4.69, 9.17) is 0 Å². The standard InChI is InChI=1S/C17H22N4OS/c1-4-5-6-7-10-21-11-19-14-13-12(20(2)3)8-9-18-16(13)23-15(14)17(21)22/h8-9,11H,4-7,10H2,1-3H3. The van der Waals surface area contributed by atoms with Gasteiger partial charge in [0.05, 0.1) is 22.9 Å². The zero-order chi connectivity index (χ0) is 16.4. The van der Waals surface area contributed by atoms with Crippen molar-refractivity contribution in [1.82, 2.24) is 14.5 Å². The van der Waals surface area contributed by atoms with Gasteiger partial charge in [0.1, 0.15) is 9.53 Å². The molecule has 3 heterocycles.